The van der Waals surface area contributed by atoms with Crippen molar-refractivity contribution in [2.24, 2.45) is 0 Å². The van der Waals surface area contributed by atoms with Crippen LogP contribution in [0.25, 0.3) is 5.82 Å². The molecule has 1 aliphatic heterocycles. The standard InChI is InChI=1S/C16H21N5OS/c1-11-7-12(2)21(20-11)15-4-3-13(9-18-15)19-16(22)8-14-10-23-6-5-17-14/h3-4,7,9,14,17H,5-6,8,10H2,1-2H3,(H,19,22). The first-order valence-electron chi connectivity index (χ1n) is 7.72. The van der Waals surface area contributed by atoms with Gasteiger partial charge in [-0.15, -0.1) is 0 Å². The predicted octanol–water partition coefficient (Wildman–Crippen LogP) is 1.92. The van der Waals surface area contributed by atoms with E-state index in [1.807, 2.05) is 43.8 Å². The number of nitrogens with zero attached hydrogens (tertiary/aromatic N) is 3. The normalized spacial score (nSPS) is 17.9. The van der Waals surface area contributed by atoms with E-state index in [4.69, 9.17) is 0 Å². The Morgan fingerprint density at radius 3 is 2.96 bits per heavy atom. The van der Waals surface area contributed by atoms with Crippen molar-refractivity contribution in [1.29, 1.82) is 0 Å². The third kappa shape index (κ3) is 4.11. The summed E-state index contributed by atoms with van der Waals surface area (Å²) < 4.78 is 1.80. The van der Waals surface area contributed by atoms with Gasteiger partial charge in [0.1, 0.15) is 0 Å². The van der Waals surface area contributed by atoms with Gasteiger partial charge in [0.25, 0.3) is 0 Å². The van der Waals surface area contributed by atoms with Gasteiger partial charge in [-0.25, -0.2) is 9.67 Å². The van der Waals surface area contributed by atoms with Crippen LogP contribution in [0.15, 0.2) is 24.4 Å². The number of pyridine rings is 1. The lowest BCUT2D eigenvalue weighted by Gasteiger charge is -2.22. The van der Waals surface area contributed by atoms with Crippen molar-refractivity contribution in [1.82, 2.24) is 20.1 Å². The Labute approximate surface area is 140 Å². The van der Waals surface area contributed by atoms with Crippen LogP contribution in [-0.2, 0) is 4.79 Å². The van der Waals surface area contributed by atoms with Gasteiger partial charge in [0.2, 0.25) is 5.91 Å². The minimum Gasteiger partial charge on any atom is -0.325 e. The van der Waals surface area contributed by atoms with Crippen LogP contribution in [0, 0.1) is 13.8 Å². The Kier molecular flexibility index (Phi) is 4.97. The summed E-state index contributed by atoms with van der Waals surface area (Å²) in [5.74, 6) is 2.88. The Hall–Kier alpha value is -1.86. The highest BCUT2D eigenvalue weighted by atomic mass is 32.2. The van der Waals surface area contributed by atoms with Gasteiger partial charge in [-0.2, -0.15) is 16.9 Å². The molecule has 1 saturated heterocycles. The van der Waals surface area contributed by atoms with E-state index in [-0.39, 0.29) is 11.9 Å². The van der Waals surface area contributed by atoms with Crippen LogP contribution < -0.4 is 10.6 Å². The Balaban J connectivity index is 1.61. The van der Waals surface area contributed by atoms with E-state index in [1.165, 1.54) is 0 Å². The molecule has 0 spiro atoms. The van der Waals surface area contributed by atoms with Crippen molar-refractivity contribution >= 4 is 23.4 Å². The lowest BCUT2D eigenvalue weighted by atomic mass is 10.2. The van der Waals surface area contributed by atoms with E-state index in [9.17, 15) is 4.79 Å². The number of anilines is 1. The molecule has 0 aromatic carbocycles. The summed E-state index contributed by atoms with van der Waals surface area (Å²) in [7, 11) is 0. The van der Waals surface area contributed by atoms with Crippen LogP contribution in [0.3, 0.4) is 0 Å². The largest absolute Gasteiger partial charge is 0.325 e. The zero-order chi connectivity index (χ0) is 16.2. The Morgan fingerprint density at radius 1 is 1.48 bits per heavy atom. The van der Waals surface area contributed by atoms with Crippen LogP contribution in [0.1, 0.15) is 17.8 Å². The van der Waals surface area contributed by atoms with Gasteiger partial charge in [0.15, 0.2) is 5.82 Å². The number of hydrogen-bond donors (Lipinski definition) is 2. The predicted molar refractivity (Wildman–Crippen MR) is 93.2 cm³/mol. The fraction of sp³-hybridized carbons (Fsp3) is 0.438. The second-order valence-corrected chi connectivity index (χ2v) is 6.87. The number of aromatic nitrogens is 3. The number of nitrogens with one attached hydrogen (secondary N) is 2. The molecule has 23 heavy (non-hydrogen) atoms. The first-order chi connectivity index (χ1) is 11.1. The van der Waals surface area contributed by atoms with Gasteiger partial charge < -0.3 is 10.6 Å². The topological polar surface area (TPSA) is 71.8 Å². The first kappa shape index (κ1) is 16.0. The number of carbonyl (C=O) groups excluding carboxylic acids is 1. The maximum Gasteiger partial charge on any atom is 0.226 e. The molecule has 2 aromatic heterocycles. The minimum atomic E-state index is 0.0191. The van der Waals surface area contributed by atoms with Crippen LogP contribution in [0.5, 0.6) is 0 Å². The fourth-order valence-corrected chi connectivity index (χ4v) is 3.58. The maximum absolute atomic E-state index is 12.1. The molecule has 1 fully saturated rings. The number of carbonyl (C=O) groups is 1. The molecule has 3 rings (SSSR count). The third-order valence-corrected chi connectivity index (χ3v) is 4.82. The smallest absolute Gasteiger partial charge is 0.226 e. The molecule has 0 aliphatic carbocycles. The van der Waals surface area contributed by atoms with Gasteiger partial charge in [0, 0.05) is 36.2 Å². The summed E-state index contributed by atoms with van der Waals surface area (Å²) in [6.45, 7) is 4.92. The van der Waals surface area contributed by atoms with Crippen LogP contribution in [-0.4, -0.2) is 44.8 Å². The average Bonchev–Trinajstić information content (AvgIpc) is 2.87. The summed E-state index contributed by atoms with van der Waals surface area (Å²) >= 11 is 1.89. The van der Waals surface area contributed by atoms with E-state index in [1.54, 1.807) is 10.9 Å². The molecule has 7 heteroatoms. The van der Waals surface area contributed by atoms with Crippen LogP contribution in [0.2, 0.25) is 0 Å². The number of rotatable bonds is 4. The highest BCUT2D eigenvalue weighted by Gasteiger charge is 2.16. The first-order valence-corrected chi connectivity index (χ1v) is 8.88. The average molecular weight is 331 g/mol. The molecule has 1 aliphatic rings. The zero-order valence-corrected chi connectivity index (χ0v) is 14.2. The lowest BCUT2D eigenvalue weighted by molar-refractivity contribution is -0.116. The molecule has 6 nitrogen and oxygen atoms in total. The molecule has 0 bridgehead atoms. The van der Waals surface area contributed by atoms with Crippen molar-refractivity contribution in [3.05, 3.63) is 35.8 Å². The number of aryl methyl sites for hydroxylation is 2. The Bertz CT molecular complexity index is 676. The van der Waals surface area contributed by atoms with Gasteiger partial charge in [-0.05, 0) is 32.0 Å². The Morgan fingerprint density at radius 2 is 2.35 bits per heavy atom. The van der Waals surface area contributed by atoms with Gasteiger partial charge in [-0.3, -0.25) is 4.79 Å². The molecule has 0 saturated carbocycles. The molecule has 0 radical (unpaired) electrons. The second-order valence-electron chi connectivity index (χ2n) is 5.72. The molecule has 3 heterocycles. The number of hydrogen-bond acceptors (Lipinski definition) is 5. The van der Waals surface area contributed by atoms with Crippen molar-refractivity contribution in [2.45, 2.75) is 26.3 Å². The highest BCUT2D eigenvalue weighted by Crippen LogP contribution is 2.14. The fourth-order valence-electron chi connectivity index (χ4n) is 2.63. The van der Waals surface area contributed by atoms with E-state index in [2.05, 4.69) is 20.7 Å². The number of amides is 1. The van der Waals surface area contributed by atoms with Crippen molar-refractivity contribution < 1.29 is 4.79 Å². The van der Waals surface area contributed by atoms with Gasteiger partial charge in [-0.1, -0.05) is 0 Å². The summed E-state index contributed by atoms with van der Waals surface area (Å²) in [6, 6.07) is 5.99. The van der Waals surface area contributed by atoms with Crippen molar-refractivity contribution in [3.63, 3.8) is 0 Å². The van der Waals surface area contributed by atoms with E-state index < -0.39 is 0 Å². The zero-order valence-electron chi connectivity index (χ0n) is 13.4. The summed E-state index contributed by atoms with van der Waals surface area (Å²) in [4.78, 5) is 16.5. The van der Waals surface area contributed by atoms with Crippen molar-refractivity contribution in [3.8, 4) is 5.82 Å². The number of thioether (sulfide) groups is 1. The monoisotopic (exact) mass is 331 g/mol. The summed E-state index contributed by atoms with van der Waals surface area (Å²) in [5, 5.41) is 10.7. The quantitative estimate of drug-likeness (QED) is 0.895. The summed E-state index contributed by atoms with van der Waals surface area (Å²) in [5.41, 5.74) is 2.70. The van der Waals surface area contributed by atoms with Gasteiger partial charge >= 0.3 is 0 Å². The molecular formula is C16H21N5OS. The molecule has 1 unspecified atom stereocenters. The SMILES string of the molecule is Cc1cc(C)n(-c2ccc(NC(=O)CC3CSCCN3)cn2)n1. The molecule has 2 N–H and O–H groups in total. The van der Waals surface area contributed by atoms with Crippen LogP contribution in [0.4, 0.5) is 5.69 Å². The molecule has 122 valence electrons. The molecule has 1 atom stereocenters. The van der Waals surface area contributed by atoms with E-state index >= 15 is 0 Å². The van der Waals surface area contributed by atoms with Crippen LogP contribution >= 0.6 is 11.8 Å². The third-order valence-electron chi connectivity index (χ3n) is 3.69. The molecular weight excluding hydrogens is 310 g/mol. The lowest BCUT2D eigenvalue weighted by Crippen LogP contribution is -2.39. The molecule has 1 amide bonds. The van der Waals surface area contributed by atoms with E-state index in [0.29, 0.717) is 12.1 Å². The maximum atomic E-state index is 12.1. The minimum absolute atomic E-state index is 0.0191. The van der Waals surface area contributed by atoms with Gasteiger partial charge in [0.05, 0.1) is 17.6 Å². The van der Waals surface area contributed by atoms with E-state index in [0.717, 1.165) is 35.3 Å². The van der Waals surface area contributed by atoms with Crippen molar-refractivity contribution in [2.75, 3.05) is 23.4 Å². The highest BCUT2D eigenvalue weighted by molar-refractivity contribution is 7.99. The second kappa shape index (κ2) is 7.14. The summed E-state index contributed by atoms with van der Waals surface area (Å²) in [6.07, 6.45) is 2.17. The molecule has 2 aromatic rings.